The van der Waals surface area contributed by atoms with Crippen LogP contribution in [0.5, 0.6) is 5.75 Å². The van der Waals surface area contributed by atoms with Crippen LogP contribution in [0.3, 0.4) is 0 Å². The van der Waals surface area contributed by atoms with E-state index >= 15 is 0 Å². The number of amides is 2. The van der Waals surface area contributed by atoms with Gasteiger partial charge in [-0.3, -0.25) is 14.4 Å². The summed E-state index contributed by atoms with van der Waals surface area (Å²) in [6.45, 7) is 1.98. The molecule has 2 N–H and O–H groups in total. The van der Waals surface area contributed by atoms with Crippen molar-refractivity contribution in [3.63, 3.8) is 0 Å². The largest absolute Gasteiger partial charge is 0.503 e. The van der Waals surface area contributed by atoms with Crippen molar-refractivity contribution >= 4 is 11.8 Å². The summed E-state index contributed by atoms with van der Waals surface area (Å²) < 4.78 is 35.8. The fourth-order valence-electron chi connectivity index (χ4n) is 5.72. The van der Waals surface area contributed by atoms with Crippen molar-refractivity contribution < 1.29 is 28.2 Å². The van der Waals surface area contributed by atoms with Gasteiger partial charge in [-0.1, -0.05) is 0 Å². The molecule has 34 heavy (non-hydrogen) atoms. The van der Waals surface area contributed by atoms with Crippen LogP contribution in [0.4, 0.5) is 8.78 Å². The normalized spacial score (nSPS) is 23.0. The van der Waals surface area contributed by atoms with E-state index in [2.05, 4.69) is 5.32 Å². The molecule has 180 valence electrons. The number of ether oxygens (including phenoxy) is 1. The highest BCUT2D eigenvalue weighted by molar-refractivity contribution is 6.00. The summed E-state index contributed by atoms with van der Waals surface area (Å²) in [6.07, 6.45) is 2.09. The van der Waals surface area contributed by atoms with Crippen LogP contribution in [0.25, 0.3) is 0 Å². The van der Waals surface area contributed by atoms with Crippen LogP contribution in [-0.2, 0) is 16.8 Å². The number of rotatable bonds is 4. The Labute approximate surface area is 194 Å². The number of aryl methyl sites for hydroxylation is 1. The zero-order chi connectivity index (χ0) is 24.4. The van der Waals surface area contributed by atoms with E-state index in [1.807, 2.05) is 0 Å². The predicted octanol–water partition coefficient (Wildman–Crippen LogP) is 2.50. The van der Waals surface area contributed by atoms with Gasteiger partial charge in [-0.15, -0.1) is 0 Å². The number of aromatic nitrogens is 1. The second kappa shape index (κ2) is 7.90. The third kappa shape index (κ3) is 3.15. The third-order valence-electron chi connectivity index (χ3n) is 7.25. The number of hydrogen-bond acceptors (Lipinski definition) is 5. The van der Waals surface area contributed by atoms with Crippen molar-refractivity contribution in [2.75, 3.05) is 20.2 Å². The minimum absolute atomic E-state index is 0.125. The van der Waals surface area contributed by atoms with Gasteiger partial charge in [0.2, 0.25) is 5.43 Å². The van der Waals surface area contributed by atoms with Gasteiger partial charge in [0.1, 0.15) is 23.3 Å². The molecule has 2 aromatic rings. The van der Waals surface area contributed by atoms with Crippen LogP contribution in [0, 0.1) is 18.6 Å². The Morgan fingerprint density at radius 2 is 1.97 bits per heavy atom. The number of carbonyl (C=O) groups is 2. The number of nitrogens with one attached hydrogen (secondary N) is 1. The van der Waals surface area contributed by atoms with Gasteiger partial charge >= 0.3 is 0 Å². The maximum Gasteiger partial charge on any atom is 0.274 e. The quantitative estimate of drug-likeness (QED) is 0.711. The van der Waals surface area contributed by atoms with Gasteiger partial charge in [-0.25, -0.2) is 8.78 Å². The molecule has 1 aromatic carbocycles. The number of nitrogens with zero attached hydrogens (tertiary/aromatic N) is 2. The Morgan fingerprint density at radius 1 is 1.26 bits per heavy atom. The zero-order valence-electron chi connectivity index (χ0n) is 18.9. The van der Waals surface area contributed by atoms with Gasteiger partial charge in [0.15, 0.2) is 11.4 Å². The number of aromatic hydroxyl groups is 1. The fourth-order valence-corrected chi connectivity index (χ4v) is 5.72. The third-order valence-corrected chi connectivity index (χ3v) is 7.25. The Bertz CT molecular complexity index is 1270. The minimum atomic E-state index is -1.00. The molecule has 0 unspecified atom stereocenters. The highest BCUT2D eigenvalue weighted by Gasteiger charge is 2.54. The maximum absolute atomic E-state index is 14.3. The van der Waals surface area contributed by atoms with Gasteiger partial charge in [0, 0.05) is 38.7 Å². The molecule has 5 rings (SSSR count). The Hall–Kier alpha value is -3.27. The summed E-state index contributed by atoms with van der Waals surface area (Å²) in [5.41, 5.74) is -1.83. The Balaban J connectivity index is 1.63. The first-order chi connectivity index (χ1) is 16.2. The number of carbonyl (C=O) groups excluding carboxylic acids is 2. The van der Waals surface area contributed by atoms with Crippen molar-refractivity contribution in [3.05, 3.63) is 62.1 Å². The number of fused-ring (bicyclic) bond motifs is 1. The summed E-state index contributed by atoms with van der Waals surface area (Å²) in [5, 5.41) is 13.2. The molecule has 2 amide bonds. The van der Waals surface area contributed by atoms with Crippen molar-refractivity contribution in [3.8, 4) is 5.75 Å². The number of hydrogen-bond donors (Lipinski definition) is 2. The van der Waals surface area contributed by atoms with E-state index in [4.69, 9.17) is 4.74 Å². The Morgan fingerprint density at radius 3 is 2.65 bits per heavy atom. The molecule has 8 nitrogen and oxygen atoms in total. The van der Waals surface area contributed by atoms with Gasteiger partial charge in [-0.2, -0.15) is 0 Å². The van der Waals surface area contributed by atoms with Crippen molar-refractivity contribution in [2.24, 2.45) is 0 Å². The molecule has 1 spiro atoms. The molecule has 3 aliphatic rings. The first-order valence-corrected chi connectivity index (χ1v) is 11.3. The molecule has 1 fully saturated rings. The monoisotopic (exact) mass is 473 g/mol. The van der Waals surface area contributed by atoms with Crippen LogP contribution < -0.4 is 10.7 Å². The van der Waals surface area contributed by atoms with Crippen molar-refractivity contribution in [1.29, 1.82) is 0 Å². The Kier molecular flexibility index (Phi) is 5.23. The molecular formula is C24H25F2N3O5. The highest BCUT2D eigenvalue weighted by atomic mass is 19.1. The van der Waals surface area contributed by atoms with Crippen LogP contribution in [-0.4, -0.2) is 46.6 Å². The molecule has 3 aliphatic heterocycles. The highest BCUT2D eigenvalue weighted by Crippen LogP contribution is 2.50. The zero-order valence-corrected chi connectivity index (χ0v) is 18.9. The van der Waals surface area contributed by atoms with Crippen LogP contribution in [0.15, 0.2) is 16.9 Å². The molecule has 10 heteroatoms. The van der Waals surface area contributed by atoms with E-state index in [0.717, 1.165) is 25.0 Å². The second-order valence-corrected chi connectivity index (χ2v) is 9.35. The van der Waals surface area contributed by atoms with Gasteiger partial charge in [0.25, 0.3) is 11.8 Å². The predicted molar refractivity (Wildman–Crippen MR) is 117 cm³/mol. The average molecular weight is 473 g/mol. The first-order valence-electron chi connectivity index (χ1n) is 11.3. The van der Waals surface area contributed by atoms with E-state index < -0.39 is 52.8 Å². The minimum Gasteiger partial charge on any atom is -0.503 e. The van der Waals surface area contributed by atoms with Gasteiger partial charge < -0.3 is 24.6 Å². The van der Waals surface area contributed by atoms with E-state index in [1.165, 1.54) is 7.11 Å². The number of pyridine rings is 1. The molecule has 0 aliphatic carbocycles. The van der Waals surface area contributed by atoms with Gasteiger partial charge in [-0.05, 0) is 43.9 Å². The van der Waals surface area contributed by atoms with Gasteiger partial charge in [0.05, 0.1) is 11.2 Å². The molecule has 2 atom stereocenters. The lowest BCUT2D eigenvalue weighted by Crippen LogP contribution is -2.52. The number of benzene rings is 1. The smallest absolute Gasteiger partial charge is 0.274 e. The summed E-state index contributed by atoms with van der Waals surface area (Å²) in [5.74, 6) is -3.77. The summed E-state index contributed by atoms with van der Waals surface area (Å²) in [6, 6.07) is 2.30. The standard InChI is InChI=1S/C24H25F2N3O5/c1-12-7-14(25)13(15(26)8-12)10-27-22(32)17-18-16(34-2)9-24-5-3-4-6-28(11-24)23(33)19(29(18)24)21(31)20(17)30/h7-8,16,31H,3-6,9-11H2,1-2H3,(H,27,32)/t16-,24+/m1/s1. The summed E-state index contributed by atoms with van der Waals surface area (Å²) >= 11 is 0. The topological polar surface area (TPSA) is 101 Å². The molecule has 1 aromatic heterocycles. The first kappa shape index (κ1) is 22.5. The molecule has 0 saturated carbocycles. The van der Waals surface area contributed by atoms with E-state index in [1.54, 1.807) is 16.4 Å². The van der Waals surface area contributed by atoms with Crippen LogP contribution in [0.2, 0.25) is 0 Å². The molecular weight excluding hydrogens is 448 g/mol. The molecule has 0 radical (unpaired) electrons. The summed E-state index contributed by atoms with van der Waals surface area (Å²) in [4.78, 5) is 41.2. The number of methoxy groups -OCH3 is 1. The van der Waals surface area contributed by atoms with E-state index in [-0.39, 0.29) is 22.5 Å². The van der Waals surface area contributed by atoms with Crippen LogP contribution >= 0.6 is 0 Å². The summed E-state index contributed by atoms with van der Waals surface area (Å²) in [7, 11) is 1.46. The van der Waals surface area contributed by atoms with E-state index in [0.29, 0.717) is 31.5 Å². The number of halogens is 2. The fraction of sp³-hybridized carbons (Fsp3) is 0.458. The lowest BCUT2D eigenvalue weighted by atomic mass is 9.88. The SMILES string of the molecule is CO[C@@H]1C[C@@]23CCCCN(C2)C(=O)c2c(O)c(=O)c(C(=O)NCc4c(F)cc(C)cc4F)c1n23. The van der Waals surface area contributed by atoms with Crippen molar-refractivity contribution in [1.82, 2.24) is 14.8 Å². The van der Waals surface area contributed by atoms with E-state index in [9.17, 15) is 28.3 Å². The maximum atomic E-state index is 14.3. The van der Waals surface area contributed by atoms with Crippen LogP contribution in [0.1, 0.15) is 69.5 Å². The average Bonchev–Trinajstić information content (AvgIpc) is 2.96. The lowest BCUT2D eigenvalue weighted by molar-refractivity contribution is 0.0497. The molecule has 2 bridgehead atoms. The lowest BCUT2D eigenvalue weighted by Gasteiger charge is -2.41. The molecule has 4 heterocycles. The van der Waals surface area contributed by atoms with Crippen molar-refractivity contribution in [2.45, 2.75) is 50.8 Å². The second-order valence-electron chi connectivity index (χ2n) is 9.35. The molecule has 1 saturated heterocycles.